The van der Waals surface area contributed by atoms with Gasteiger partial charge in [0.1, 0.15) is 0 Å². The van der Waals surface area contributed by atoms with Crippen molar-refractivity contribution < 1.29 is 4.74 Å². The number of ether oxygens (including phenoxy) is 1. The van der Waals surface area contributed by atoms with Gasteiger partial charge in [-0.25, -0.2) is 0 Å². The molecule has 3 heteroatoms. The predicted molar refractivity (Wildman–Crippen MR) is 75.3 cm³/mol. The maximum atomic E-state index is 5.87. The van der Waals surface area contributed by atoms with Crippen LogP contribution in [0.2, 0.25) is 0 Å². The standard InChI is InChI=1S/C14H32N2O/c1-5-6-7-8-9-10-14(3,12-15)16-11-13(2)17-4/h13,16H,5-12,15H2,1-4H3. The minimum absolute atomic E-state index is 0.0685. The van der Waals surface area contributed by atoms with Gasteiger partial charge in [-0.05, 0) is 20.3 Å². The first-order chi connectivity index (χ1) is 8.08. The lowest BCUT2D eigenvalue weighted by atomic mass is 9.93. The molecule has 17 heavy (non-hydrogen) atoms. The molecule has 0 fully saturated rings. The van der Waals surface area contributed by atoms with Crippen LogP contribution in [0.4, 0.5) is 0 Å². The highest BCUT2D eigenvalue weighted by molar-refractivity contribution is 4.84. The summed E-state index contributed by atoms with van der Waals surface area (Å²) in [7, 11) is 1.75. The molecule has 0 amide bonds. The molecule has 0 aliphatic rings. The molecule has 0 saturated carbocycles. The Bertz CT molecular complexity index is 176. The molecule has 3 N–H and O–H groups in total. The highest BCUT2D eigenvalue weighted by Gasteiger charge is 2.21. The molecule has 0 aliphatic heterocycles. The minimum Gasteiger partial charge on any atom is -0.380 e. The van der Waals surface area contributed by atoms with Gasteiger partial charge in [-0.1, -0.05) is 39.0 Å². The van der Waals surface area contributed by atoms with Gasteiger partial charge in [-0.2, -0.15) is 0 Å². The molecule has 0 bridgehead atoms. The first-order valence-corrected chi connectivity index (χ1v) is 7.06. The second kappa shape index (κ2) is 9.86. The SMILES string of the molecule is CCCCCCCC(C)(CN)NCC(C)OC. The van der Waals surface area contributed by atoms with Crippen molar-refractivity contribution in [3.8, 4) is 0 Å². The summed E-state index contributed by atoms with van der Waals surface area (Å²) in [6, 6.07) is 0. The van der Waals surface area contributed by atoms with Gasteiger partial charge in [-0.15, -0.1) is 0 Å². The van der Waals surface area contributed by atoms with E-state index in [9.17, 15) is 0 Å². The predicted octanol–water partition coefficient (Wildman–Crippen LogP) is 2.69. The summed E-state index contributed by atoms with van der Waals surface area (Å²) in [6.07, 6.45) is 8.01. The molecule has 3 nitrogen and oxygen atoms in total. The third-order valence-electron chi connectivity index (χ3n) is 3.50. The molecule has 0 saturated heterocycles. The second-order valence-electron chi connectivity index (χ2n) is 5.36. The number of hydrogen-bond donors (Lipinski definition) is 2. The van der Waals surface area contributed by atoms with E-state index < -0.39 is 0 Å². The van der Waals surface area contributed by atoms with Gasteiger partial charge in [0.2, 0.25) is 0 Å². The van der Waals surface area contributed by atoms with E-state index in [4.69, 9.17) is 10.5 Å². The van der Waals surface area contributed by atoms with E-state index in [1.165, 1.54) is 32.1 Å². The van der Waals surface area contributed by atoms with Gasteiger partial charge in [0.15, 0.2) is 0 Å². The Labute approximate surface area is 107 Å². The number of rotatable bonds is 11. The van der Waals surface area contributed by atoms with Crippen LogP contribution < -0.4 is 11.1 Å². The van der Waals surface area contributed by atoms with Crippen molar-refractivity contribution in [2.75, 3.05) is 20.2 Å². The van der Waals surface area contributed by atoms with Gasteiger partial charge >= 0.3 is 0 Å². The van der Waals surface area contributed by atoms with E-state index in [1.54, 1.807) is 7.11 Å². The van der Waals surface area contributed by atoms with Crippen molar-refractivity contribution in [1.29, 1.82) is 0 Å². The summed E-state index contributed by atoms with van der Waals surface area (Å²) >= 11 is 0. The number of methoxy groups -OCH3 is 1. The van der Waals surface area contributed by atoms with Crippen LogP contribution in [0.1, 0.15) is 59.3 Å². The molecule has 0 rings (SSSR count). The number of nitrogens with two attached hydrogens (primary N) is 1. The summed E-state index contributed by atoms with van der Waals surface area (Å²) in [5, 5.41) is 3.54. The highest BCUT2D eigenvalue weighted by Crippen LogP contribution is 2.15. The van der Waals surface area contributed by atoms with Crippen LogP contribution in [0, 0.1) is 0 Å². The smallest absolute Gasteiger partial charge is 0.0667 e. The fraction of sp³-hybridized carbons (Fsp3) is 1.00. The van der Waals surface area contributed by atoms with E-state index in [2.05, 4.69) is 26.1 Å². The molecular formula is C14H32N2O. The Morgan fingerprint density at radius 2 is 1.88 bits per heavy atom. The Morgan fingerprint density at radius 3 is 2.41 bits per heavy atom. The first kappa shape index (κ1) is 16.9. The van der Waals surface area contributed by atoms with Gasteiger partial charge in [0, 0.05) is 25.7 Å². The third-order valence-corrected chi connectivity index (χ3v) is 3.50. The molecule has 2 unspecified atom stereocenters. The monoisotopic (exact) mass is 244 g/mol. The van der Waals surface area contributed by atoms with E-state index in [0.29, 0.717) is 6.54 Å². The largest absolute Gasteiger partial charge is 0.380 e. The zero-order valence-electron chi connectivity index (χ0n) is 12.2. The lowest BCUT2D eigenvalue weighted by Crippen LogP contribution is -2.50. The summed E-state index contributed by atoms with van der Waals surface area (Å²) in [5.41, 5.74) is 5.94. The van der Waals surface area contributed by atoms with Gasteiger partial charge in [-0.3, -0.25) is 0 Å². The lowest BCUT2D eigenvalue weighted by molar-refractivity contribution is 0.107. The lowest BCUT2D eigenvalue weighted by Gasteiger charge is -2.31. The highest BCUT2D eigenvalue weighted by atomic mass is 16.5. The fourth-order valence-corrected chi connectivity index (χ4v) is 1.85. The molecule has 2 atom stereocenters. The molecule has 0 radical (unpaired) electrons. The molecule has 104 valence electrons. The van der Waals surface area contributed by atoms with Gasteiger partial charge in [0.25, 0.3) is 0 Å². The van der Waals surface area contributed by atoms with Crippen molar-refractivity contribution in [2.24, 2.45) is 5.73 Å². The van der Waals surface area contributed by atoms with Crippen LogP contribution in [-0.4, -0.2) is 31.8 Å². The number of unbranched alkanes of at least 4 members (excludes halogenated alkanes) is 4. The molecule has 0 aromatic heterocycles. The molecule has 0 spiro atoms. The maximum absolute atomic E-state index is 5.87. The van der Waals surface area contributed by atoms with Gasteiger partial charge < -0.3 is 15.8 Å². The average molecular weight is 244 g/mol. The van der Waals surface area contributed by atoms with Crippen LogP contribution >= 0.6 is 0 Å². The fourth-order valence-electron chi connectivity index (χ4n) is 1.85. The van der Waals surface area contributed by atoms with Crippen molar-refractivity contribution in [3.63, 3.8) is 0 Å². The normalized spacial score (nSPS) is 16.8. The van der Waals surface area contributed by atoms with E-state index >= 15 is 0 Å². The Balaban J connectivity index is 3.76. The molecule has 0 aromatic rings. The van der Waals surface area contributed by atoms with E-state index in [1.807, 2.05) is 0 Å². The average Bonchev–Trinajstić information content (AvgIpc) is 2.35. The zero-order chi connectivity index (χ0) is 13.1. The number of hydrogen-bond acceptors (Lipinski definition) is 3. The van der Waals surface area contributed by atoms with Gasteiger partial charge in [0.05, 0.1) is 6.10 Å². The van der Waals surface area contributed by atoms with Crippen molar-refractivity contribution in [1.82, 2.24) is 5.32 Å². The van der Waals surface area contributed by atoms with Crippen LogP contribution in [0.5, 0.6) is 0 Å². The van der Waals surface area contributed by atoms with Crippen molar-refractivity contribution in [2.45, 2.75) is 70.9 Å². The summed E-state index contributed by atoms with van der Waals surface area (Å²) in [4.78, 5) is 0. The van der Waals surface area contributed by atoms with Crippen LogP contribution in [0.3, 0.4) is 0 Å². The first-order valence-electron chi connectivity index (χ1n) is 7.06. The second-order valence-corrected chi connectivity index (χ2v) is 5.36. The van der Waals surface area contributed by atoms with Crippen molar-refractivity contribution in [3.05, 3.63) is 0 Å². The zero-order valence-corrected chi connectivity index (χ0v) is 12.2. The summed E-state index contributed by atoms with van der Waals surface area (Å²) < 4.78 is 5.24. The Hall–Kier alpha value is -0.120. The molecular weight excluding hydrogens is 212 g/mol. The molecule has 0 aromatic carbocycles. The van der Waals surface area contributed by atoms with Crippen LogP contribution in [-0.2, 0) is 4.74 Å². The maximum Gasteiger partial charge on any atom is 0.0667 e. The quantitative estimate of drug-likeness (QED) is 0.549. The van der Waals surface area contributed by atoms with Crippen LogP contribution in [0.15, 0.2) is 0 Å². The molecule has 0 heterocycles. The van der Waals surface area contributed by atoms with E-state index in [0.717, 1.165) is 13.0 Å². The summed E-state index contributed by atoms with van der Waals surface area (Å²) in [6.45, 7) is 8.11. The number of nitrogens with one attached hydrogen (secondary N) is 1. The summed E-state index contributed by atoms with van der Waals surface area (Å²) in [5.74, 6) is 0. The minimum atomic E-state index is 0.0685. The topological polar surface area (TPSA) is 47.3 Å². The molecule has 0 aliphatic carbocycles. The Kier molecular flexibility index (Phi) is 9.79. The van der Waals surface area contributed by atoms with E-state index in [-0.39, 0.29) is 11.6 Å². The van der Waals surface area contributed by atoms with Crippen LogP contribution in [0.25, 0.3) is 0 Å². The Morgan fingerprint density at radius 1 is 1.24 bits per heavy atom. The third kappa shape index (κ3) is 8.58. The van der Waals surface area contributed by atoms with Crippen molar-refractivity contribution >= 4 is 0 Å².